The molecule has 1 heterocycles. The van der Waals surface area contributed by atoms with Crippen LogP contribution in [0.4, 0.5) is 4.79 Å². The van der Waals surface area contributed by atoms with Crippen molar-refractivity contribution >= 4 is 12.0 Å². The van der Waals surface area contributed by atoms with Gasteiger partial charge < -0.3 is 11.1 Å². The lowest BCUT2D eigenvalue weighted by Gasteiger charge is -2.08. The fraction of sp³-hybridized carbons (Fsp3) is 0.364. The zero-order valence-electron chi connectivity index (χ0n) is 9.81. The van der Waals surface area contributed by atoms with Crippen molar-refractivity contribution in [1.82, 2.24) is 15.6 Å². The Labute approximate surface area is 100 Å². The van der Waals surface area contributed by atoms with E-state index < -0.39 is 6.03 Å². The van der Waals surface area contributed by atoms with Crippen LogP contribution in [0.5, 0.6) is 0 Å². The number of aryl methyl sites for hydroxylation is 1. The number of pyridine rings is 1. The third-order valence-corrected chi connectivity index (χ3v) is 2.09. The zero-order valence-corrected chi connectivity index (χ0v) is 9.81. The van der Waals surface area contributed by atoms with Crippen molar-refractivity contribution in [2.24, 2.45) is 10.7 Å². The fourth-order valence-electron chi connectivity index (χ4n) is 1.32. The first-order valence-electron chi connectivity index (χ1n) is 5.39. The highest BCUT2D eigenvalue weighted by Gasteiger charge is 1.99. The number of hydrogen-bond donors (Lipinski definition) is 3. The van der Waals surface area contributed by atoms with E-state index in [1.54, 1.807) is 13.2 Å². The molecular formula is C11H17N5O. The number of hydrogen-bond acceptors (Lipinski definition) is 3. The molecule has 1 rings (SSSR count). The van der Waals surface area contributed by atoms with Crippen LogP contribution in [0.1, 0.15) is 12.1 Å². The average molecular weight is 235 g/mol. The second-order valence-corrected chi connectivity index (χ2v) is 3.41. The molecule has 0 fully saturated rings. The summed E-state index contributed by atoms with van der Waals surface area (Å²) in [4.78, 5) is 18.7. The lowest BCUT2D eigenvalue weighted by molar-refractivity contribution is 0.253. The summed E-state index contributed by atoms with van der Waals surface area (Å²) in [6.45, 7) is 0.698. The maximum absolute atomic E-state index is 10.6. The molecule has 92 valence electrons. The van der Waals surface area contributed by atoms with Crippen LogP contribution in [0.15, 0.2) is 29.4 Å². The highest BCUT2D eigenvalue weighted by molar-refractivity contribution is 5.95. The maximum atomic E-state index is 10.6. The Morgan fingerprint density at radius 3 is 2.94 bits per heavy atom. The van der Waals surface area contributed by atoms with Crippen LogP contribution < -0.4 is 16.4 Å². The van der Waals surface area contributed by atoms with E-state index in [0.717, 1.165) is 18.5 Å². The number of urea groups is 1. The van der Waals surface area contributed by atoms with Gasteiger partial charge in [-0.2, -0.15) is 0 Å². The first kappa shape index (κ1) is 13.0. The van der Waals surface area contributed by atoms with Crippen molar-refractivity contribution < 1.29 is 4.79 Å². The molecule has 2 amide bonds. The second kappa shape index (κ2) is 7.21. The SMILES string of the molecule is CN=C(NCCCc1ccccn1)NC(N)=O. The zero-order chi connectivity index (χ0) is 12.5. The molecule has 6 nitrogen and oxygen atoms in total. The number of carbonyl (C=O) groups excluding carboxylic acids is 1. The summed E-state index contributed by atoms with van der Waals surface area (Å²) in [5, 5.41) is 5.37. The summed E-state index contributed by atoms with van der Waals surface area (Å²) in [7, 11) is 1.58. The van der Waals surface area contributed by atoms with Crippen molar-refractivity contribution in [1.29, 1.82) is 0 Å². The van der Waals surface area contributed by atoms with Crippen molar-refractivity contribution in [3.05, 3.63) is 30.1 Å². The van der Waals surface area contributed by atoms with Gasteiger partial charge in [0.15, 0.2) is 5.96 Å². The van der Waals surface area contributed by atoms with Crippen LogP contribution >= 0.6 is 0 Å². The van der Waals surface area contributed by atoms with Crippen LogP contribution in [0, 0.1) is 0 Å². The number of aliphatic imine (C=N–C) groups is 1. The first-order chi connectivity index (χ1) is 8.22. The van der Waals surface area contributed by atoms with Gasteiger partial charge in [-0.05, 0) is 25.0 Å². The molecule has 0 spiro atoms. The van der Waals surface area contributed by atoms with E-state index in [9.17, 15) is 4.79 Å². The summed E-state index contributed by atoms with van der Waals surface area (Å²) in [5.74, 6) is 0.388. The van der Waals surface area contributed by atoms with E-state index in [4.69, 9.17) is 5.73 Å². The number of nitrogens with zero attached hydrogens (tertiary/aromatic N) is 2. The largest absolute Gasteiger partial charge is 0.356 e. The molecule has 17 heavy (non-hydrogen) atoms. The van der Waals surface area contributed by atoms with Gasteiger partial charge in [0.1, 0.15) is 0 Å². The van der Waals surface area contributed by atoms with Gasteiger partial charge in [0.2, 0.25) is 0 Å². The van der Waals surface area contributed by atoms with Gasteiger partial charge in [-0.3, -0.25) is 15.3 Å². The molecule has 1 aromatic heterocycles. The number of rotatable bonds is 4. The van der Waals surface area contributed by atoms with Gasteiger partial charge in [0, 0.05) is 25.5 Å². The summed E-state index contributed by atoms with van der Waals surface area (Å²) in [6.07, 6.45) is 3.55. The molecule has 6 heteroatoms. The Hall–Kier alpha value is -2.11. The Morgan fingerprint density at radius 2 is 2.35 bits per heavy atom. The lowest BCUT2D eigenvalue weighted by atomic mass is 10.2. The van der Waals surface area contributed by atoms with Gasteiger partial charge in [0.25, 0.3) is 0 Å². The molecule has 0 saturated carbocycles. The molecular weight excluding hydrogens is 218 g/mol. The highest BCUT2D eigenvalue weighted by atomic mass is 16.2. The van der Waals surface area contributed by atoms with Crippen molar-refractivity contribution in [2.45, 2.75) is 12.8 Å². The lowest BCUT2D eigenvalue weighted by Crippen LogP contribution is -2.43. The monoisotopic (exact) mass is 235 g/mol. The highest BCUT2D eigenvalue weighted by Crippen LogP contribution is 1.96. The van der Waals surface area contributed by atoms with E-state index in [1.165, 1.54) is 0 Å². The smallest absolute Gasteiger partial charge is 0.318 e. The Balaban J connectivity index is 2.21. The molecule has 0 bridgehead atoms. The number of guanidine groups is 1. The average Bonchev–Trinajstić information content (AvgIpc) is 2.34. The molecule has 0 unspecified atom stereocenters. The summed E-state index contributed by atoms with van der Waals surface area (Å²) < 4.78 is 0. The third kappa shape index (κ3) is 5.50. The molecule has 0 aliphatic heterocycles. The van der Waals surface area contributed by atoms with Gasteiger partial charge in [0.05, 0.1) is 0 Å². The number of aromatic nitrogens is 1. The second-order valence-electron chi connectivity index (χ2n) is 3.41. The van der Waals surface area contributed by atoms with Crippen molar-refractivity contribution in [3.63, 3.8) is 0 Å². The quantitative estimate of drug-likeness (QED) is 0.397. The van der Waals surface area contributed by atoms with Crippen molar-refractivity contribution in [3.8, 4) is 0 Å². The molecule has 0 aliphatic rings. The number of primary amides is 1. The van der Waals surface area contributed by atoms with E-state index in [1.807, 2.05) is 18.2 Å². The minimum absolute atomic E-state index is 0.388. The summed E-state index contributed by atoms with van der Waals surface area (Å²) in [5.41, 5.74) is 6.03. The van der Waals surface area contributed by atoms with Crippen molar-refractivity contribution in [2.75, 3.05) is 13.6 Å². The summed E-state index contributed by atoms with van der Waals surface area (Å²) in [6, 6.07) is 5.21. The molecule has 0 aromatic carbocycles. The fourth-order valence-corrected chi connectivity index (χ4v) is 1.32. The normalized spacial score (nSPS) is 11.0. The number of nitrogens with two attached hydrogens (primary N) is 1. The maximum Gasteiger partial charge on any atom is 0.318 e. The minimum atomic E-state index is -0.622. The Bertz CT molecular complexity index is 377. The van der Waals surface area contributed by atoms with Crippen LogP contribution in [0.2, 0.25) is 0 Å². The summed E-state index contributed by atoms with van der Waals surface area (Å²) >= 11 is 0. The van der Waals surface area contributed by atoms with Gasteiger partial charge >= 0.3 is 6.03 Å². The van der Waals surface area contributed by atoms with Crippen LogP contribution in [0.3, 0.4) is 0 Å². The van der Waals surface area contributed by atoms with E-state index in [-0.39, 0.29) is 0 Å². The predicted octanol–water partition coefficient (Wildman–Crippen LogP) is 0.258. The molecule has 0 aliphatic carbocycles. The standard InChI is InChI=1S/C11H17N5O/c1-13-11(16-10(12)17)15-8-4-6-9-5-2-3-7-14-9/h2-3,5,7H,4,6,8H2,1H3,(H4,12,13,15,16,17). The first-order valence-corrected chi connectivity index (χ1v) is 5.39. The third-order valence-electron chi connectivity index (χ3n) is 2.09. The number of amides is 2. The molecule has 0 radical (unpaired) electrons. The number of carbonyl (C=O) groups is 1. The topological polar surface area (TPSA) is 92.4 Å². The molecule has 0 saturated heterocycles. The molecule has 4 N–H and O–H groups in total. The predicted molar refractivity (Wildman–Crippen MR) is 66.6 cm³/mol. The number of nitrogens with one attached hydrogen (secondary N) is 2. The molecule has 1 aromatic rings. The van der Waals surface area contributed by atoms with E-state index in [0.29, 0.717) is 12.5 Å². The van der Waals surface area contributed by atoms with Gasteiger partial charge in [-0.25, -0.2) is 4.79 Å². The van der Waals surface area contributed by atoms with Crippen LogP contribution in [-0.4, -0.2) is 30.6 Å². The van der Waals surface area contributed by atoms with Crippen LogP contribution in [-0.2, 0) is 6.42 Å². The van der Waals surface area contributed by atoms with Crippen LogP contribution in [0.25, 0.3) is 0 Å². The minimum Gasteiger partial charge on any atom is -0.356 e. The molecule has 0 atom stereocenters. The Kier molecular flexibility index (Phi) is 5.50. The van der Waals surface area contributed by atoms with Gasteiger partial charge in [-0.15, -0.1) is 0 Å². The van der Waals surface area contributed by atoms with E-state index >= 15 is 0 Å². The van der Waals surface area contributed by atoms with E-state index in [2.05, 4.69) is 20.6 Å². The Morgan fingerprint density at radius 1 is 1.53 bits per heavy atom. The van der Waals surface area contributed by atoms with Gasteiger partial charge in [-0.1, -0.05) is 6.07 Å².